The van der Waals surface area contributed by atoms with E-state index < -0.39 is 5.97 Å². The van der Waals surface area contributed by atoms with Gasteiger partial charge in [0.2, 0.25) is 0 Å². The third-order valence-electron chi connectivity index (χ3n) is 3.29. The van der Waals surface area contributed by atoms with Crippen LogP contribution in [0.2, 0.25) is 0 Å². The van der Waals surface area contributed by atoms with E-state index in [4.69, 9.17) is 4.74 Å². The van der Waals surface area contributed by atoms with Gasteiger partial charge in [-0.3, -0.25) is 0 Å². The number of amides is 2. The normalized spacial score (nSPS) is 10.1. The number of esters is 1. The lowest BCUT2D eigenvalue weighted by molar-refractivity contribution is -0.138. The van der Waals surface area contributed by atoms with Gasteiger partial charge >= 0.3 is 12.0 Å². The molecular weight excluding hydrogens is 292 g/mol. The predicted octanol–water partition coefficient (Wildman–Crippen LogP) is 2.76. The lowest BCUT2D eigenvalue weighted by Gasteiger charge is -2.10. The predicted molar refractivity (Wildman–Crippen MR) is 90.0 cm³/mol. The summed E-state index contributed by atoms with van der Waals surface area (Å²) in [6, 6.07) is 13.7. The molecule has 5 nitrogen and oxygen atoms in total. The first-order chi connectivity index (χ1) is 11.1. The van der Waals surface area contributed by atoms with Gasteiger partial charge in [-0.1, -0.05) is 49.0 Å². The van der Waals surface area contributed by atoms with E-state index in [-0.39, 0.29) is 19.2 Å². The highest BCUT2D eigenvalue weighted by Crippen LogP contribution is 2.18. The first-order valence-electron chi connectivity index (χ1n) is 7.39. The maximum Gasteiger partial charge on any atom is 0.333 e. The third kappa shape index (κ3) is 4.85. The zero-order chi connectivity index (χ0) is 16.7. The molecule has 2 N–H and O–H groups in total. The van der Waals surface area contributed by atoms with Gasteiger partial charge in [0.15, 0.2) is 0 Å². The van der Waals surface area contributed by atoms with Gasteiger partial charge in [-0.25, -0.2) is 9.59 Å². The second-order valence-electron chi connectivity index (χ2n) is 5.16. The van der Waals surface area contributed by atoms with Crippen molar-refractivity contribution in [1.29, 1.82) is 0 Å². The summed E-state index contributed by atoms with van der Waals surface area (Å²) < 4.78 is 4.89. The van der Waals surface area contributed by atoms with Gasteiger partial charge in [-0.05, 0) is 23.3 Å². The van der Waals surface area contributed by atoms with E-state index in [1.165, 1.54) is 0 Å². The van der Waals surface area contributed by atoms with Crippen LogP contribution in [0.25, 0.3) is 10.8 Å². The average Bonchev–Trinajstić information content (AvgIpc) is 2.56. The second-order valence-corrected chi connectivity index (χ2v) is 5.16. The van der Waals surface area contributed by atoms with E-state index in [9.17, 15) is 9.59 Å². The van der Waals surface area contributed by atoms with Crippen LogP contribution in [0, 0.1) is 0 Å². The monoisotopic (exact) mass is 312 g/mol. The molecule has 0 spiro atoms. The first-order valence-corrected chi connectivity index (χ1v) is 7.39. The van der Waals surface area contributed by atoms with Crippen molar-refractivity contribution in [3.05, 3.63) is 60.2 Å². The van der Waals surface area contributed by atoms with Gasteiger partial charge in [-0.2, -0.15) is 0 Å². The summed E-state index contributed by atoms with van der Waals surface area (Å²) in [4.78, 5) is 22.9. The van der Waals surface area contributed by atoms with E-state index in [1.54, 1.807) is 6.92 Å². The minimum absolute atomic E-state index is 0.118. The van der Waals surface area contributed by atoms with Crippen LogP contribution in [0.5, 0.6) is 0 Å². The summed E-state index contributed by atoms with van der Waals surface area (Å²) in [6.07, 6.45) is 0. The van der Waals surface area contributed by atoms with Crippen LogP contribution in [0.1, 0.15) is 12.5 Å². The van der Waals surface area contributed by atoms with Crippen LogP contribution < -0.4 is 10.6 Å². The van der Waals surface area contributed by atoms with Gasteiger partial charge in [0.25, 0.3) is 0 Å². The smallest absolute Gasteiger partial charge is 0.333 e. The molecule has 0 saturated carbocycles. The molecule has 2 rings (SSSR count). The number of ether oxygens (including phenoxy) is 1. The van der Waals surface area contributed by atoms with E-state index in [0.29, 0.717) is 12.1 Å². The molecule has 0 radical (unpaired) electrons. The number of nitrogens with one attached hydrogen (secondary N) is 2. The molecule has 0 heterocycles. The summed E-state index contributed by atoms with van der Waals surface area (Å²) >= 11 is 0. The van der Waals surface area contributed by atoms with Gasteiger partial charge in [0.1, 0.15) is 6.61 Å². The Kier molecular flexibility index (Phi) is 5.74. The Hall–Kier alpha value is -2.82. The SMILES string of the molecule is C=C(C)C(=O)OCCNC(=O)NCc1cccc2ccccc12. The van der Waals surface area contributed by atoms with Crippen molar-refractivity contribution in [2.24, 2.45) is 0 Å². The van der Waals surface area contributed by atoms with E-state index in [2.05, 4.69) is 17.2 Å². The van der Waals surface area contributed by atoms with E-state index in [1.807, 2.05) is 42.5 Å². The Bertz CT molecular complexity index is 720. The van der Waals surface area contributed by atoms with Gasteiger partial charge in [0, 0.05) is 12.1 Å². The highest BCUT2D eigenvalue weighted by Gasteiger charge is 2.05. The van der Waals surface area contributed by atoms with Crippen LogP contribution in [0.15, 0.2) is 54.6 Å². The van der Waals surface area contributed by atoms with Crippen LogP contribution in [-0.2, 0) is 16.1 Å². The Morgan fingerprint density at radius 3 is 2.61 bits per heavy atom. The molecule has 0 aromatic heterocycles. The lowest BCUT2D eigenvalue weighted by atomic mass is 10.0. The molecule has 2 amide bonds. The van der Waals surface area contributed by atoms with Gasteiger partial charge in [-0.15, -0.1) is 0 Å². The van der Waals surface area contributed by atoms with Crippen molar-refractivity contribution in [2.75, 3.05) is 13.2 Å². The first kappa shape index (κ1) is 16.5. The van der Waals surface area contributed by atoms with Gasteiger partial charge in [0.05, 0.1) is 6.54 Å². The summed E-state index contributed by atoms with van der Waals surface area (Å²) in [5.74, 6) is -0.456. The maximum atomic E-state index is 11.8. The molecular formula is C18H20N2O3. The maximum absolute atomic E-state index is 11.8. The standard InChI is InChI=1S/C18H20N2O3/c1-13(2)17(21)23-11-10-19-18(22)20-12-15-8-5-7-14-6-3-4-9-16(14)15/h3-9H,1,10-12H2,2H3,(H2,19,20,22). The van der Waals surface area contributed by atoms with Crippen LogP contribution in [-0.4, -0.2) is 25.2 Å². The summed E-state index contributed by atoms with van der Waals surface area (Å²) in [6.45, 7) is 5.86. The minimum Gasteiger partial charge on any atom is -0.460 e. The topological polar surface area (TPSA) is 67.4 Å². The summed E-state index contributed by atoms with van der Waals surface area (Å²) in [7, 11) is 0. The van der Waals surface area contributed by atoms with Crippen molar-refractivity contribution >= 4 is 22.8 Å². The second kappa shape index (κ2) is 7.98. The highest BCUT2D eigenvalue weighted by atomic mass is 16.5. The third-order valence-corrected chi connectivity index (χ3v) is 3.29. The molecule has 0 bridgehead atoms. The van der Waals surface area contributed by atoms with Crippen molar-refractivity contribution in [2.45, 2.75) is 13.5 Å². The molecule has 5 heteroatoms. The number of carbonyl (C=O) groups excluding carboxylic acids is 2. The summed E-state index contributed by atoms with van der Waals surface area (Å²) in [5.41, 5.74) is 1.39. The van der Waals surface area contributed by atoms with Crippen LogP contribution >= 0.6 is 0 Å². The van der Waals surface area contributed by atoms with E-state index in [0.717, 1.165) is 16.3 Å². The highest BCUT2D eigenvalue weighted by molar-refractivity contribution is 5.87. The van der Waals surface area contributed by atoms with Crippen LogP contribution in [0.4, 0.5) is 4.79 Å². The van der Waals surface area contributed by atoms with Gasteiger partial charge < -0.3 is 15.4 Å². The molecule has 120 valence electrons. The molecule has 2 aromatic carbocycles. The fourth-order valence-electron chi connectivity index (χ4n) is 2.12. The molecule has 0 saturated heterocycles. The average molecular weight is 312 g/mol. The zero-order valence-electron chi connectivity index (χ0n) is 13.1. The molecule has 0 fully saturated rings. The molecule has 0 aliphatic carbocycles. The molecule has 0 atom stereocenters. The Morgan fingerprint density at radius 2 is 1.83 bits per heavy atom. The van der Waals surface area contributed by atoms with Crippen molar-refractivity contribution < 1.29 is 14.3 Å². The fourth-order valence-corrected chi connectivity index (χ4v) is 2.12. The van der Waals surface area contributed by atoms with Crippen molar-refractivity contribution in [3.8, 4) is 0 Å². The number of hydrogen-bond donors (Lipinski definition) is 2. The number of hydrogen-bond acceptors (Lipinski definition) is 3. The Balaban J connectivity index is 1.78. The summed E-state index contributed by atoms with van der Waals surface area (Å²) in [5, 5.41) is 7.69. The van der Waals surface area contributed by atoms with E-state index >= 15 is 0 Å². The number of benzene rings is 2. The molecule has 2 aromatic rings. The minimum atomic E-state index is -0.456. The number of urea groups is 1. The number of rotatable bonds is 6. The lowest BCUT2D eigenvalue weighted by Crippen LogP contribution is -2.37. The number of fused-ring (bicyclic) bond motifs is 1. The van der Waals surface area contributed by atoms with Crippen molar-refractivity contribution in [1.82, 2.24) is 10.6 Å². The molecule has 23 heavy (non-hydrogen) atoms. The molecule has 0 aliphatic rings. The zero-order valence-corrected chi connectivity index (χ0v) is 13.1. The molecule has 0 unspecified atom stereocenters. The largest absolute Gasteiger partial charge is 0.460 e. The number of carbonyl (C=O) groups is 2. The molecule has 0 aliphatic heterocycles. The Labute approximate surface area is 135 Å². The Morgan fingerprint density at radius 1 is 1.09 bits per heavy atom. The van der Waals surface area contributed by atoms with Crippen LogP contribution in [0.3, 0.4) is 0 Å². The van der Waals surface area contributed by atoms with Crippen molar-refractivity contribution in [3.63, 3.8) is 0 Å². The fraction of sp³-hybridized carbons (Fsp3) is 0.222. The quantitative estimate of drug-likeness (QED) is 0.489.